The molecule has 1 aromatic carbocycles. The normalized spacial score (nSPS) is 16.7. The highest BCUT2D eigenvalue weighted by Crippen LogP contribution is 2.38. The van der Waals surface area contributed by atoms with Crippen LogP contribution in [0.25, 0.3) is 4.96 Å². The molecule has 1 fully saturated rings. The van der Waals surface area contributed by atoms with Crippen molar-refractivity contribution in [3.63, 3.8) is 0 Å². The first-order valence-corrected chi connectivity index (χ1v) is 9.46. The van der Waals surface area contributed by atoms with Gasteiger partial charge in [0.2, 0.25) is 5.82 Å². The third-order valence-electron chi connectivity index (χ3n) is 5.17. The second-order valence-corrected chi connectivity index (χ2v) is 7.53. The third-order valence-corrected chi connectivity index (χ3v) is 5.93. The zero-order valence-electron chi connectivity index (χ0n) is 14.5. The number of ether oxygens (including phenoxy) is 1. The Balaban J connectivity index is 1.68. The molecule has 26 heavy (non-hydrogen) atoms. The first-order valence-electron chi connectivity index (χ1n) is 8.58. The first-order chi connectivity index (χ1) is 12.6. The lowest BCUT2D eigenvalue weighted by molar-refractivity contribution is -0.389. The number of hydrogen-bond donors (Lipinski definition) is 1. The molecule has 0 radical (unpaired) electrons. The molecule has 7 nitrogen and oxygen atoms in total. The lowest BCUT2D eigenvalue weighted by Gasteiger charge is -2.38. The van der Waals surface area contributed by atoms with Gasteiger partial charge in [0, 0.05) is 30.6 Å². The Morgan fingerprint density at radius 1 is 1.38 bits per heavy atom. The van der Waals surface area contributed by atoms with Gasteiger partial charge in [-0.15, -0.1) is 0 Å². The number of rotatable bonds is 5. The van der Waals surface area contributed by atoms with Gasteiger partial charge in [0.15, 0.2) is 0 Å². The molecule has 0 unspecified atom stereocenters. The molecule has 0 spiro atoms. The van der Waals surface area contributed by atoms with Crippen molar-refractivity contribution < 1.29 is 9.66 Å². The highest BCUT2D eigenvalue weighted by molar-refractivity contribution is 7.15. The number of thiazole rings is 1. The largest absolute Gasteiger partial charge is 0.381 e. The molecule has 0 atom stereocenters. The lowest BCUT2D eigenvalue weighted by Crippen LogP contribution is -2.40. The lowest BCUT2D eigenvalue weighted by atomic mass is 9.72. The minimum absolute atomic E-state index is 0.00626. The van der Waals surface area contributed by atoms with Gasteiger partial charge >= 0.3 is 5.82 Å². The van der Waals surface area contributed by atoms with Crippen LogP contribution in [0.3, 0.4) is 0 Å². The second-order valence-electron chi connectivity index (χ2n) is 6.66. The maximum atomic E-state index is 11.5. The minimum Gasteiger partial charge on any atom is -0.381 e. The summed E-state index contributed by atoms with van der Waals surface area (Å²) in [6, 6.07) is 8.35. The van der Waals surface area contributed by atoms with Crippen LogP contribution in [0.1, 0.15) is 24.0 Å². The van der Waals surface area contributed by atoms with Crippen LogP contribution in [0, 0.1) is 17.0 Å². The molecule has 2 aromatic heterocycles. The number of aryl methyl sites for hydroxylation is 1. The van der Waals surface area contributed by atoms with Crippen LogP contribution in [0.4, 0.5) is 11.6 Å². The van der Waals surface area contributed by atoms with Gasteiger partial charge in [0.05, 0.1) is 0 Å². The van der Waals surface area contributed by atoms with Crippen molar-refractivity contribution >= 4 is 27.9 Å². The monoisotopic (exact) mass is 372 g/mol. The Hall–Kier alpha value is -2.45. The Kier molecular flexibility index (Phi) is 4.37. The summed E-state index contributed by atoms with van der Waals surface area (Å²) in [5, 5.41) is 16.6. The average Bonchev–Trinajstić information content (AvgIpc) is 3.21. The number of anilines is 1. The van der Waals surface area contributed by atoms with Crippen molar-refractivity contribution in [2.75, 3.05) is 25.1 Å². The summed E-state index contributed by atoms with van der Waals surface area (Å²) in [6.07, 6.45) is 3.43. The van der Waals surface area contributed by atoms with E-state index in [0.717, 1.165) is 12.8 Å². The van der Waals surface area contributed by atoms with E-state index in [4.69, 9.17) is 4.74 Å². The number of benzene rings is 1. The van der Waals surface area contributed by atoms with E-state index in [-0.39, 0.29) is 16.2 Å². The SMILES string of the molecule is Cc1ccccc1C1(CNc2nc3sccn3c2[N+](=O)[O-])CCOCC1. The molecule has 3 heterocycles. The Morgan fingerprint density at radius 3 is 2.88 bits per heavy atom. The third kappa shape index (κ3) is 2.85. The van der Waals surface area contributed by atoms with Gasteiger partial charge in [0.25, 0.3) is 4.96 Å². The Bertz CT molecular complexity index is 943. The van der Waals surface area contributed by atoms with Crippen molar-refractivity contribution in [1.29, 1.82) is 0 Å². The van der Waals surface area contributed by atoms with Crippen molar-refractivity contribution in [2.45, 2.75) is 25.2 Å². The van der Waals surface area contributed by atoms with Crippen LogP contribution < -0.4 is 5.32 Å². The topological polar surface area (TPSA) is 81.7 Å². The number of fused-ring (bicyclic) bond motifs is 1. The fraction of sp³-hybridized carbons (Fsp3) is 0.389. The molecular weight excluding hydrogens is 352 g/mol. The zero-order valence-corrected chi connectivity index (χ0v) is 15.3. The molecule has 4 rings (SSSR count). The summed E-state index contributed by atoms with van der Waals surface area (Å²) in [7, 11) is 0. The molecule has 0 saturated carbocycles. The number of nitro groups is 1. The van der Waals surface area contributed by atoms with Crippen LogP contribution in [-0.2, 0) is 10.2 Å². The summed E-state index contributed by atoms with van der Waals surface area (Å²) in [4.78, 5) is 16.2. The Labute approximate surface area is 154 Å². The molecule has 1 saturated heterocycles. The highest BCUT2D eigenvalue weighted by Gasteiger charge is 2.36. The van der Waals surface area contributed by atoms with E-state index in [1.807, 2.05) is 6.07 Å². The molecule has 0 bridgehead atoms. The molecule has 136 valence electrons. The fourth-order valence-electron chi connectivity index (χ4n) is 3.79. The van der Waals surface area contributed by atoms with Gasteiger partial charge in [-0.1, -0.05) is 35.6 Å². The summed E-state index contributed by atoms with van der Waals surface area (Å²) < 4.78 is 7.11. The predicted octanol–water partition coefficient (Wildman–Crippen LogP) is 3.77. The van der Waals surface area contributed by atoms with Crippen molar-refractivity contribution in [1.82, 2.24) is 9.38 Å². The van der Waals surface area contributed by atoms with Gasteiger partial charge in [-0.2, -0.15) is 9.38 Å². The molecule has 1 aliphatic heterocycles. The van der Waals surface area contributed by atoms with E-state index in [2.05, 4.69) is 35.4 Å². The van der Waals surface area contributed by atoms with Crippen LogP contribution in [0.5, 0.6) is 0 Å². The van der Waals surface area contributed by atoms with E-state index in [1.54, 1.807) is 11.6 Å². The van der Waals surface area contributed by atoms with E-state index < -0.39 is 0 Å². The van der Waals surface area contributed by atoms with Gasteiger partial charge in [0.1, 0.15) is 6.20 Å². The van der Waals surface area contributed by atoms with E-state index >= 15 is 0 Å². The summed E-state index contributed by atoms with van der Waals surface area (Å²) in [5.41, 5.74) is 2.39. The zero-order chi connectivity index (χ0) is 18.1. The maximum absolute atomic E-state index is 11.5. The van der Waals surface area contributed by atoms with E-state index in [0.29, 0.717) is 30.5 Å². The van der Waals surface area contributed by atoms with Gasteiger partial charge in [-0.05, 0) is 35.8 Å². The predicted molar refractivity (Wildman–Crippen MR) is 101 cm³/mol. The Morgan fingerprint density at radius 2 is 2.15 bits per heavy atom. The highest BCUT2D eigenvalue weighted by atomic mass is 32.1. The minimum atomic E-state index is -0.376. The van der Waals surface area contributed by atoms with Crippen LogP contribution in [0.15, 0.2) is 35.8 Å². The van der Waals surface area contributed by atoms with Gasteiger partial charge in [-0.25, -0.2) is 0 Å². The van der Waals surface area contributed by atoms with Gasteiger partial charge in [-0.3, -0.25) is 0 Å². The molecule has 0 amide bonds. The van der Waals surface area contributed by atoms with E-state index in [1.165, 1.54) is 26.9 Å². The number of nitrogens with zero attached hydrogens (tertiary/aromatic N) is 3. The number of hydrogen-bond acceptors (Lipinski definition) is 6. The van der Waals surface area contributed by atoms with Crippen molar-refractivity contribution in [3.8, 4) is 0 Å². The summed E-state index contributed by atoms with van der Waals surface area (Å²) in [5.74, 6) is 0.328. The second kappa shape index (κ2) is 6.69. The number of nitrogens with one attached hydrogen (secondary N) is 1. The quantitative estimate of drug-likeness (QED) is 0.544. The average molecular weight is 372 g/mol. The summed E-state index contributed by atoms with van der Waals surface area (Å²) in [6.45, 7) is 4.08. The van der Waals surface area contributed by atoms with Crippen molar-refractivity contribution in [2.24, 2.45) is 0 Å². The first kappa shape index (κ1) is 17.0. The molecule has 1 aliphatic rings. The van der Waals surface area contributed by atoms with Crippen LogP contribution in [-0.4, -0.2) is 34.1 Å². The van der Waals surface area contributed by atoms with E-state index in [9.17, 15) is 10.1 Å². The molecule has 3 aromatic rings. The van der Waals surface area contributed by atoms with Crippen LogP contribution >= 0.6 is 11.3 Å². The smallest absolute Gasteiger partial charge is 0.372 e. The molecular formula is C18H20N4O3S. The van der Waals surface area contributed by atoms with Gasteiger partial charge < -0.3 is 20.2 Å². The standard InChI is InChI=1S/C18H20N4O3S/c1-13-4-2-3-5-14(13)18(6-9-25-10-7-18)12-19-15-16(22(23)24)21-8-11-26-17(21)20-15/h2-5,8,11,19H,6-7,9-10,12H2,1H3. The van der Waals surface area contributed by atoms with Crippen LogP contribution in [0.2, 0.25) is 0 Å². The molecule has 8 heteroatoms. The molecule has 0 aliphatic carbocycles. The fourth-order valence-corrected chi connectivity index (χ4v) is 4.50. The van der Waals surface area contributed by atoms with Crippen molar-refractivity contribution in [3.05, 3.63) is 57.1 Å². The maximum Gasteiger partial charge on any atom is 0.372 e. The number of aromatic nitrogens is 2. The molecule has 1 N–H and O–H groups in total. The summed E-state index contributed by atoms with van der Waals surface area (Å²) >= 11 is 1.39. The number of imidazole rings is 1.